The molecule has 2 heteroatoms. The van der Waals surface area contributed by atoms with Crippen molar-refractivity contribution in [1.29, 1.82) is 0 Å². The third-order valence-corrected chi connectivity index (χ3v) is 6.28. The highest BCUT2D eigenvalue weighted by Crippen LogP contribution is 2.51. The Morgan fingerprint density at radius 1 is 1.32 bits per heavy atom. The fourth-order valence-electron chi connectivity index (χ4n) is 4.23. The number of hydrogen-bond donors (Lipinski definition) is 1. The Morgan fingerprint density at radius 3 is 2.79 bits per heavy atom. The van der Waals surface area contributed by atoms with Crippen molar-refractivity contribution in [3.8, 4) is 0 Å². The molecule has 0 saturated heterocycles. The van der Waals surface area contributed by atoms with E-state index in [-0.39, 0.29) is 0 Å². The minimum Gasteiger partial charge on any atom is -0.309 e. The Hall–Kier alpha value is -0.340. The molecule has 3 rings (SSSR count). The summed E-state index contributed by atoms with van der Waals surface area (Å²) in [6, 6.07) is 5.24. The number of aryl methyl sites for hydroxylation is 1. The first-order valence-corrected chi connectivity index (χ1v) is 8.87. The van der Waals surface area contributed by atoms with Crippen LogP contribution in [0.15, 0.2) is 12.1 Å². The summed E-state index contributed by atoms with van der Waals surface area (Å²) in [7, 11) is 0. The topological polar surface area (TPSA) is 12.0 Å². The normalized spacial score (nSPS) is 30.9. The number of nitrogens with one attached hydrogen (secondary N) is 1. The summed E-state index contributed by atoms with van der Waals surface area (Å²) < 4.78 is 0. The van der Waals surface area contributed by atoms with Crippen LogP contribution in [0.4, 0.5) is 0 Å². The van der Waals surface area contributed by atoms with Crippen molar-refractivity contribution in [2.75, 3.05) is 6.54 Å². The van der Waals surface area contributed by atoms with Crippen LogP contribution in [-0.2, 0) is 0 Å². The molecule has 4 unspecified atom stereocenters. The maximum absolute atomic E-state index is 3.80. The summed E-state index contributed by atoms with van der Waals surface area (Å²) in [5.41, 5.74) is 0. The summed E-state index contributed by atoms with van der Waals surface area (Å²) in [5.74, 6) is 3.12. The van der Waals surface area contributed by atoms with Gasteiger partial charge < -0.3 is 5.32 Å². The Morgan fingerprint density at radius 2 is 2.21 bits per heavy atom. The summed E-state index contributed by atoms with van der Waals surface area (Å²) in [6.07, 6.45) is 8.69. The Kier molecular flexibility index (Phi) is 4.28. The predicted octanol–water partition coefficient (Wildman–Crippen LogP) is 4.92. The van der Waals surface area contributed by atoms with Crippen LogP contribution in [0.5, 0.6) is 0 Å². The van der Waals surface area contributed by atoms with Gasteiger partial charge in [0.15, 0.2) is 0 Å². The molecule has 0 spiro atoms. The maximum Gasteiger partial charge on any atom is 0.0417 e. The highest BCUT2D eigenvalue weighted by Gasteiger charge is 2.40. The SMILES string of the molecule is CCCNC(CC1CC2CCC1C2)c1ccc(C)s1. The first kappa shape index (κ1) is 13.6. The first-order valence-electron chi connectivity index (χ1n) is 8.06. The lowest BCUT2D eigenvalue weighted by molar-refractivity contribution is 0.280. The average Bonchev–Trinajstić information content (AvgIpc) is 3.10. The molecular weight excluding hydrogens is 250 g/mol. The van der Waals surface area contributed by atoms with Gasteiger partial charge in [-0.15, -0.1) is 11.3 Å². The molecule has 2 fully saturated rings. The number of thiophene rings is 1. The van der Waals surface area contributed by atoms with Crippen LogP contribution in [0.1, 0.15) is 61.2 Å². The van der Waals surface area contributed by atoms with Gasteiger partial charge in [-0.3, -0.25) is 0 Å². The van der Waals surface area contributed by atoms with E-state index in [2.05, 4.69) is 31.3 Å². The minimum atomic E-state index is 0.614. The third-order valence-electron chi connectivity index (χ3n) is 5.17. The van der Waals surface area contributed by atoms with Gasteiger partial charge in [-0.05, 0) is 75.5 Å². The molecular formula is C17H27NS. The minimum absolute atomic E-state index is 0.614. The van der Waals surface area contributed by atoms with Crippen LogP contribution in [0.3, 0.4) is 0 Å². The second-order valence-corrected chi connectivity index (χ2v) is 7.95. The summed E-state index contributed by atoms with van der Waals surface area (Å²) in [5, 5.41) is 3.80. The van der Waals surface area contributed by atoms with Crippen LogP contribution in [0.2, 0.25) is 0 Å². The fraction of sp³-hybridized carbons (Fsp3) is 0.765. The molecule has 0 aliphatic heterocycles. The van der Waals surface area contributed by atoms with Crippen molar-refractivity contribution in [2.45, 2.75) is 58.4 Å². The monoisotopic (exact) mass is 277 g/mol. The fourth-order valence-corrected chi connectivity index (χ4v) is 5.19. The molecule has 1 N–H and O–H groups in total. The zero-order valence-electron chi connectivity index (χ0n) is 12.3. The molecule has 2 saturated carbocycles. The number of hydrogen-bond acceptors (Lipinski definition) is 2. The lowest BCUT2D eigenvalue weighted by Crippen LogP contribution is -2.25. The average molecular weight is 277 g/mol. The summed E-state index contributed by atoms with van der Waals surface area (Å²) in [6.45, 7) is 5.65. The van der Waals surface area contributed by atoms with Crippen LogP contribution in [-0.4, -0.2) is 6.54 Å². The van der Waals surface area contributed by atoms with Gasteiger partial charge in [-0.25, -0.2) is 0 Å². The van der Waals surface area contributed by atoms with E-state index >= 15 is 0 Å². The van der Waals surface area contributed by atoms with Crippen LogP contribution >= 0.6 is 11.3 Å². The smallest absolute Gasteiger partial charge is 0.0417 e. The van der Waals surface area contributed by atoms with Gasteiger partial charge in [0.1, 0.15) is 0 Å². The van der Waals surface area contributed by atoms with Gasteiger partial charge in [0, 0.05) is 15.8 Å². The van der Waals surface area contributed by atoms with Crippen molar-refractivity contribution in [3.63, 3.8) is 0 Å². The van der Waals surface area contributed by atoms with E-state index in [1.165, 1.54) is 43.4 Å². The first-order chi connectivity index (χ1) is 9.26. The molecule has 1 heterocycles. The molecule has 1 aromatic heterocycles. The van der Waals surface area contributed by atoms with Gasteiger partial charge in [0.25, 0.3) is 0 Å². The van der Waals surface area contributed by atoms with Gasteiger partial charge in [-0.1, -0.05) is 13.3 Å². The zero-order valence-corrected chi connectivity index (χ0v) is 13.1. The molecule has 1 nitrogen and oxygen atoms in total. The third kappa shape index (κ3) is 3.05. The quantitative estimate of drug-likeness (QED) is 0.778. The summed E-state index contributed by atoms with van der Waals surface area (Å²) in [4.78, 5) is 3.01. The van der Waals surface area contributed by atoms with E-state index in [0.29, 0.717) is 6.04 Å². The standard InChI is InChI=1S/C17H27NS/c1-3-8-18-16(17-7-4-12(2)19-17)11-15-10-13-5-6-14(15)9-13/h4,7,13-16,18H,3,5-6,8-11H2,1-2H3. The molecule has 2 bridgehead atoms. The number of fused-ring (bicyclic) bond motifs is 2. The van der Waals surface area contributed by atoms with E-state index in [4.69, 9.17) is 0 Å². The molecule has 0 aromatic carbocycles. The molecule has 106 valence electrons. The molecule has 1 aromatic rings. The van der Waals surface area contributed by atoms with Crippen LogP contribution in [0, 0.1) is 24.7 Å². The second kappa shape index (κ2) is 5.97. The summed E-state index contributed by atoms with van der Waals surface area (Å²) >= 11 is 1.99. The maximum atomic E-state index is 3.80. The van der Waals surface area contributed by atoms with Crippen molar-refractivity contribution in [3.05, 3.63) is 21.9 Å². The van der Waals surface area contributed by atoms with E-state index in [1.54, 1.807) is 4.88 Å². The van der Waals surface area contributed by atoms with Gasteiger partial charge in [0.2, 0.25) is 0 Å². The van der Waals surface area contributed by atoms with E-state index in [0.717, 1.165) is 24.3 Å². The molecule has 0 amide bonds. The lowest BCUT2D eigenvalue weighted by atomic mass is 9.84. The molecule has 4 atom stereocenters. The zero-order chi connectivity index (χ0) is 13.2. The van der Waals surface area contributed by atoms with Crippen molar-refractivity contribution < 1.29 is 0 Å². The van der Waals surface area contributed by atoms with Crippen LogP contribution < -0.4 is 5.32 Å². The predicted molar refractivity (Wildman–Crippen MR) is 83.6 cm³/mol. The van der Waals surface area contributed by atoms with Gasteiger partial charge >= 0.3 is 0 Å². The van der Waals surface area contributed by atoms with E-state index in [9.17, 15) is 0 Å². The molecule has 2 aliphatic carbocycles. The van der Waals surface area contributed by atoms with E-state index in [1.807, 2.05) is 11.3 Å². The molecule has 0 radical (unpaired) electrons. The van der Waals surface area contributed by atoms with Crippen molar-refractivity contribution in [1.82, 2.24) is 5.32 Å². The van der Waals surface area contributed by atoms with Gasteiger partial charge in [-0.2, -0.15) is 0 Å². The molecule has 2 aliphatic rings. The Bertz CT molecular complexity index is 411. The Labute approximate surface area is 121 Å². The lowest BCUT2D eigenvalue weighted by Gasteiger charge is -2.27. The second-order valence-electron chi connectivity index (χ2n) is 6.63. The number of rotatable bonds is 6. The Balaban J connectivity index is 1.65. The van der Waals surface area contributed by atoms with Crippen LogP contribution in [0.25, 0.3) is 0 Å². The van der Waals surface area contributed by atoms with E-state index < -0.39 is 0 Å². The van der Waals surface area contributed by atoms with Crippen molar-refractivity contribution >= 4 is 11.3 Å². The van der Waals surface area contributed by atoms with Gasteiger partial charge in [0.05, 0.1) is 0 Å². The van der Waals surface area contributed by atoms with Crippen molar-refractivity contribution in [2.24, 2.45) is 17.8 Å². The highest BCUT2D eigenvalue weighted by molar-refractivity contribution is 7.12. The highest BCUT2D eigenvalue weighted by atomic mass is 32.1. The largest absolute Gasteiger partial charge is 0.309 e. The molecule has 19 heavy (non-hydrogen) atoms.